The molecule has 2 fully saturated rings. The van der Waals surface area contributed by atoms with E-state index in [0.717, 1.165) is 25.7 Å². The molecule has 0 aromatic heterocycles. The van der Waals surface area contributed by atoms with Crippen molar-refractivity contribution in [2.24, 2.45) is 11.8 Å². The molecule has 1 heterocycles. The van der Waals surface area contributed by atoms with Crippen LogP contribution in [0.15, 0.2) is 35.2 Å². The minimum atomic E-state index is -3.45. The Morgan fingerprint density at radius 2 is 1.78 bits per heavy atom. The van der Waals surface area contributed by atoms with Gasteiger partial charge in [0.1, 0.15) is 0 Å². The van der Waals surface area contributed by atoms with Gasteiger partial charge in [0.25, 0.3) is 0 Å². The molecular formula is C21H32N2O3S. The van der Waals surface area contributed by atoms with Crippen LogP contribution in [0, 0.1) is 11.8 Å². The SMILES string of the molecule is CC[C@H]1CN(S(=O)(=O)c2ccccc2)CC[C@H]1CC(=O)NC1CCCCC1. The topological polar surface area (TPSA) is 66.5 Å². The first-order valence-corrected chi connectivity index (χ1v) is 11.8. The van der Waals surface area contributed by atoms with Crippen molar-refractivity contribution in [1.29, 1.82) is 0 Å². The Kier molecular flexibility index (Phi) is 6.93. The van der Waals surface area contributed by atoms with Crippen LogP contribution in [0.2, 0.25) is 0 Å². The van der Waals surface area contributed by atoms with E-state index in [4.69, 9.17) is 0 Å². The quantitative estimate of drug-likeness (QED) is 0.805. The number of sulfonamides is 1. The van der Waals surface area contributed by atoms with Gasteiger partial charge in [-0.1, -0.05) is 50.8 Å². The molecule has 6 heteroatoms. The second kappa shape index (κ2) is 9.20. The number of nitrogens with one attached hydrogen (secondary N) is 1. The molecule has 1 N–H and O–H groups in total. The third-order valence-corrected chi connectivity index (χ3v) is 8.06. The number of carbonyl (C=O) groups is 1. The summed E-state index contributed by atoms with van der Waals surface area (Å²) in [4.78, 5) is 12.9. The summed E-state index contributed by atoms with van der Waals surface area (Å²) < 4.78 is 27.4. The number of hydrogen-bond acceptors (Lipinski definition) is 3. The summed E-state index contributed by atoms with van der Waals surface area (Å²) in [5, 5.41) is 3.21. The van der Waals surface area contributed by atoms with Gasteiger partial charge < -0.3 is 5.32 Å². The maximum atomic E-state index is 12.9. The largest absolute Gasteiger partial charge is 0.353 e. The molecule has 0 bridgehead atoms. The van der Waals surface area contributed by atoms with E-state index in [1.54, 1.807) is 28.6 Å². The molecule has 27 heavy (non-hydrogen) atoms. The lowest BCUT2D eigenvalue weighted by molar-refractivity contribution is -0.123. The molecule has 2 aliphatic rings. The molecule has 1 aliphatic heterocycles. The van der Waals surface area contributed by atoms with Crippen molar-refractivity contribution in [2.75, 3.05) is 13.1 Å². The minimum Gasteiger partial charge on any atom is -0.353 e. The van der Waals surface area contributed by atoms with Crippen LogP contribution >= 0.6 is 0 Å². The lowest BCUT2D eigenvalue weighted by Gasteiger charge is -2.37. The lowest BCUT2D eigenvalue weighted by Crippen LogP contribution is -2.45. The maximum Gasteiger partial charge on any atom is 0.243 e. The van der Waals surface area contributed by atoms with E-state index < -0.39 is 10.0 Å². The molecule has 3 rings (SSSR count). The molecule has 150 valence electrons. The zero-order valence-corrected chi connectivity index (χ0v) is 17.1. The molecule has 1 saturated heterocycles. The Morgan fingerprint density at radius 3 is 2.44 bits per heavy atom. The van der Waals surface area contributed by atoms with E-state index in [1.165, 1.54) is 19.3 Å². The van der Waals surface area contributed by atoms with Crippen LogP contribution in [0.1, 0.15) is 58.3 Å². The summed E-state index contributed by atoms with van der Waals surface area (Å²) in [7, 11) is -3.45. The Balaban J connectivity index is 1.58. The molecule has 1 saturated carbocycles. The summed E-state index contributed by atoms with van der Waals surface area (Å²) in [5.41, 5.74) is 0. The van der Waals surface area contributed by atoms with Crippen LogP contribution in [-0.4, -0.2) is 37.8 Å². The fraction of sp³-hybridized carbons (Fsp3) is 0.667. The molecule has 1 aromatic carbocycles. The van der Waals surface area contributed by atoms with Gasteiger partial charge in [-0.3, -0.25) is 4.79 Å². The number of nitrogens with zero attached hydrogens (tertiary/aromatic N) is 1. The van der Waals surface area contributed by atoms with Gasteiger partial charge in [0.05, 0.1) is 4.90 Å². The molecule has 1 aliphatic carbocycles. The summed E-state index contributed by atoms with van der Waals surface area (Å²) in [6, 6.07) is 8.98. The van der Waals surface area contributed by atoms with Gasteiger partial charge >= 0.3 is 0 Å². The van der Waals surface area contributed by atoms with E-state index >= 15 is 0 Å². The fourth-order valence-electron chi connectivity index (χ4n) is 4.51. The van der Waals surface area contributed by atoms with Crippen LogP contribution < -0.4 is 5.32 Å². The molecule has 5 nitrogen and oxygen atoms in total. The van der Waals surface area contributed by atoms with Crippen molar-refractivity contribution in [3.8, 4) is 0 Å². The smallest absolute Gasteiger partial charge is 0.243 e. The summed E-state index contributed by atoms with van der Waals surface area (Å²) in [6.45, 7) is 3.10. The van der Waals surface area contributed by atoms with Gasteiger partial charge in [-0.05, 0) is 43.2 Å². The average molecular weight is 393 g/mol. The normalized spacial score (nSPS) is 25.2. The van der Waals surface area contributed by atoms with E-state index in [-0.39, 0.29) is 17.7 Å². The number of carbonyl (C=O) groups excluding carboxylic acids is 1. The zero-order valence-electron chi connectivity index (χ0n) is 16.3. The van der Waals surface area contributed by atoms with Crippen LogP contribution in [0.4, 0.5) is 0 Å². The second-order valence-electron chi connectivity index (χ2n) is 8.00. The fourth-order valence-corrected chi connectivity index (χ4v) is 6.04. The molecule has 1 aromatic rings. The van der Waals surface area contributed by atoms with Crippen LogP contribution in [0.25, 0.3) is 0 Å². The Labute approximate surface area is 163 Å². The minimum absolute atomic E-state index is 0.143. The van der Waals surface area contributed by atoms with Gasteiger partial charge in [0.2, 0.25) is 15.9 Å². The Morgan fingerprint density at radius 1 is 1.07 bits per heavy atom. The van der Waals surface area contributed by atoms with Crippen molar-refractivity contribution in [1.82, 2.24) is 9.62 Å². The van der Waals surface area contributed by atoms with Gasteiger partial charge in [0, 0.05) is 25.6 Å². The molecule has 2 atom stereocenters. The first-order chi connectivity index (χ1) is 13.0. The van der Waals surface area contributed by atoms with Crippen LogP contribution in [-0.2, 0) is 14.8 Å². The van der Waals surface area contributed by atoms with Crippen molar-refractivity contribution in [3.63, 3.8) is 0 Å². The molecule has 0 unspecified atom stereocenters. The maximum absolute atomic E-state index is 12.9. The van der Waals surface area contributed by atoms with Gasteiger partial charge in [-0.25, -0.2) is 8.42 Å². The first kappa shape index (κ1) is 20.3. The first-order valence-electron chi connectivity index (χ1n) is 10.3. The molecule has 1 amide bonds. The van der Waals surface area contributed by atoms with Crippen molar-refractivity contribution >= 4 is 15.9 Å². The zero-order chi connectivity index (χ0) is 19.3. The van der Waals surface area contributed by atoms with E-state index in [9.17, 15) is 13.2 Å². The summed E-state index contributed by atoms with van der Waals surface area (Å²) in [5.74, 6) is 0.639. The van der Waals surface area contributed by atoms with Crippen LogP contribution in [0.5, 0.6) is 0 Å². The van der Waals surface area contributed by atoms with E-state index in [1.807, 2.05) is 6.07 Å². The average Bonchev–Trinajstić information content (AvgIpc) is 2.69. The Bertz CT molecular complexity index is 714. The van der Waals surface area contributed by atoms with Gasteiger partial charge in [-0.15, -0.1) is 0 Å². The van der Waals surface area contributed by atoms with E-state index in [0.29, 0.717) is 30.4 Å². The number of rotatable bonds is 6. The number of amides is 1. The predicted molar refractivity (Wildman–Crippen MR) is 107 cm³/mol. The summed E-state index contributed by atoms with van der Waals surface area (Å²) >= 11 is 0. The third-order valence-electron chi connectivity index (χ3n) is 6.18. The van der Waals surface area contributed by atoms with Crippen LogP contribution in [0.3, 0.4) is 0 Å². The van der Waals surface area contributed by atoms with Gasteiger partial charge in [0.15, 0.2) is 0 Å². The number of hydrogen-bond donors (Lipinski definition) is 1. The highest BCUT2D eigenvalue weighted by Crippen LogP contribution is 2.32. The monoisotopic (exact) mass is 392 g/mol. The van der Waals surface area contributed by atoms with E-state index in [2.05, 4.69) is 12.2 Å². The molecule has 0 spiro atoms. The Hall–Kier alpha value is -1.40. The molecule has 0 radical (unpaired) electrons. The van der Waals surface area contributed by atoms with Gasteiger partial charge in [-0.2, -0.15) is 4.31 Å². The predicted octanol–water partition coefficient (Wildman–Crippen LogP) is 3.56. The number of benzene rings is 1. The van der Waals surface area contributed by atoms with Crippen molar-refractivity contribution < 1.29 is 13.2 Å². The number of piperidine rings is 1. The standard InChI is InChI=1S/C21H32N2O3S/c1-2-17-16-23(27(25,26)20-11-7-4-8-12-20)14-13-18(17)15-21(24)22-19-9-5-3-6-10-19/h4,7-8,11-12,17-19H,2-3,5-6,9-10,13-16H2,1H3,(H,22,24)/t17-,18-/m0/s1. The highest BCUT2D eigenvalue weighted by atomic mass is 32.2. The highest BCUT2D eigenvalue weighted by Gasteiger charge is 2.35. The molecular weight excluding hydrogens is 360 g/mol. The summed E-state index contributed by atoms with van der Waals surface area (Å²) in [6.07, 6.45) is 8.04. The van der Waals surface area contributed by atoms with Crippen molar-refractivity contribution in [2.45, 2.75) is 69.2 Å². The lowest BCUT2D eigenvalue weighted by atomic mass is 9.82. The third kappa shape index (κ3) is 5.11. The van der Waals surface area contributed by atoms with Crippen molar-refractivity contribution in [3.05, 3.63) is 30.3 Å². The second-order valence-corrected chi connectivity index (χ2v) is 9.94. The highest BCUT2D eigenvalue weighted by molar-refractivity contribution is 7.89.